The molecular formula is C12H18BrNOS. The SMILES string of the molecule is CCC(C)(C)N(C)C(=O)c1cc(C)c(Br)s1. The number of thiophene rings is 1. The Kier molecular flexibility index (Phi) is 4.18. The fourth-order valence-electron chi connectivity index (χ4n) is 1.24. The lowest BCUT2D eigenvalue weighted by molar-refractivity contribution is 0.0625. The lowest BCUT2D eigenvalue weighted by Gasteiger charge is -2.34. The van der Waals surface area contributed by atoms with Crippen LogP contribution in [0.3, 0.4) is 0 Å². The van der Waals surface area contributed by atoms with Crippen LogP contribution in [0.2, 0.25) is 0 Å². The van der Waals surface area contributed by atoms with Crippen LogP contribution >= 0.6 is 27.3 Å². The summed E-state index contributed by atoms with van der Waals surface area (Å²) < 4.78 is 1.04. The summed E-state index contributed by atoms with van der Waals surface area (Å²) in [6.07, 6.45) is 0.945. The third-order valence-electron chi connectivity index (χ3n) is 3.15. The molecule has 0 aliphatic carbocycles. The zero-order valence-electron chi connectivity index (χ0n) is 10.4. The highest BCUT2D eigenvalue weighted by atomic mass is 79.9. The van der Waals surface area contributed by atoms with E-state index in [0.717, 1.165) is 20.6 Å². The van der Waals surface area contributed by atoms with E-state index >= 15 is 0 Å². The number of nitrogens with zero attached hydrogens (tertiary/aromatic N) is 1. The Hall–Kier alpha value is -0.350. The van der Waals surface area contributed by atoms with Crippen LogP contribution in [-0.4, -0.2) is 23.4 Å². The van der Waals surface area contributed by atoms with Gasteiger partial charge in [0.15, 0.2) is 0 Å². The molecule has 0 N–H and O–H groups in total. The van der Waals surface area contributed by atoms with Crippen LogP contribution in [0, 0.1) is 6.92 Å². The van der Waals surface area contributed by atoms with Crippen LogP contribution in [0.5, 0.6) is 0 Å². The van der Waals surface area contributed by atoms with Gasteiger partial charge in [0.25, 0.3) is 5.91 Å². The van der Waals surface area contributed by atoms with E-state index < -0.39 is 0 Å². The smallest absolute Gasteiger partial charge is 0.264 e. The topological polar surface area (TPSA) is 20.3 Å². The van der Waals surface area contributed by atoms with Crippen LogP contribution in [0.15, 0.2) is 9.85 Å². The summed E-state index contributed by atoms with van der Waals surface area (Å²) in [6, 6.07) is 1.94. The largest absolute Gasteiger partial charge is 0.336 e. The van der Waals surface area contributed by atoms with E-state index in [2.05, 4.69) is 36.7 Å². The van der Waals surface area contributed by atoms with Gasteiger partial charge in [-0.2, -0.15) is 0 Å². The molecule has 0 aliphatic rings. The summed E-state index contributed by atoms with van der Waals surface area (Å²) in [5, 5.41) is 0. The maximum Gasteiger partial charge on any atom is 0.264 e. The van der Waals surface area contributed by atoms with Crippen molar-refractivity contribution >= 4 is 33.2 Å². The molecule has 0 bridgehead atoms. The van der Waals surface area contributed by atoms with Gasteiger partial charge in [-0.05, 0) is 54.8 Å². The number of hydrogen-bond donors (Lipinski definition) is 0. The highest BCUT2D eigenvalue weighted by Gasteiger charge is 2.27. The molecular weight excluding hydrogens is 286 g/mol. The lowest BCUT2D eigenvalue weighted by Crippen LogP contribution is -2.44. The zero-order valence-corrected chi connectivity index (χ0v) is 12.8. The summed E-state index contributed by atoms with van der Waals surface area (Å²) in [5.74, 6) is 0.102. The van der Waals surface area contributed by atoms with Gasteiger partial charge in [0.1, 0.15) is 0 Å². The summed E-state index contributed by atoms with van der Waals surface area (Å²) in [7, 11) is 1.87. The van der Waals surface area contributed by atoms with Gasteiger partial charge in [0.05, 0.1) is 8.66 Å². The van der Waals surface area contributed by atoms with E-state index in [1.165, 1.54) is 11.3 Å². The molecule has 0 atom stereocenters. The third-order valence-corrected chi connectivity index (χ3v) is 5.27. The van der Waals surface area contributed by atoms with Crippen molar-refractivity contribution in [2.45, 2.75) is 39.7 Å². The summed E-state index contributed by atoms with van der Waals surface area (Å²) in [6.45, 7) is 8.27. The molecule has 1 heterocycles. The molecule has 0 saturated carbocycles. The van der Waals surface area contributed by atoms with Gasteiger partial charge < -0.3 is 4.90 Å². The highest BCUT2D eigenvalue weighted by Crippen LogP contribution is 2.29. The summed E-state index contributed by atoms with van der Waals surface area (Å²) in [4.78, 5) is 14.9. The molecule has 0 spiro atoms. The first-order valence-corrected chi connectivity index (χ1v) is 6.94. The number of carbonyl (C=O) groups is 1. The van der Waals surface area contributed by atoms with E-state index in [-0.39, 0.29) is 11.4 Å². The van der Waals surface area contributed by atoms with Gasteiger partial charge in [-0.15, -0.1) is 11.3 Å². The summed E-state index contributed by atoms with van der Waals surface area (Å²) in [5.41, 5.74) is 1.03. The number of amides is 1. The van der Waals surface area contributed by atoms with Crippen LogP contribution < -0.4 is 0 Å². The average molecular weight is 304 g/mol. The molecule has 1 amide bonds. The molecule has 0 unspecified atom stereocenters. The Bertz CT molecular complexity index is 378. The van der Waals surface area contributed by atoms with Gasteiger partial charge in [0, 0.05) is 12.6 Å². The fourth-order valence-corrected chi connectivity index (χ4v) is 2.75. The predicted octanol–water partition coefficient (Wildman–Crippen LogP) is 4.08. The number of carbonyl (C=O) groups excluding carboxylic acids is 1. The number of halogens is 1. The van der Waals surface area contributed by atoms with Crippen molar-refractivity contribution in [1.29, 1.82) is 0 Å². The minimum Gasteiger partial charge on any atom is -0.336 e. The van der Waals surface area contributed by atoms with Crippen LogP contribution in [0.1, 0.15) is 42.4 Å². The Morgan fingerprint density at radius 1 is 1.56 bits per heavy atom. The van der Waals surface area contributed by atoms with E-state index in [1.807, 2.05) is 24.9 Å². The van der Waals surface area contributed by atoms with Crippen molar-refractivity contribution < 1.29 is 4.79 Å². The van der Waals surface area contributed by atoms with E-state index in [4.69, 9.17) is 0 Å². The molecule has 0 aliphatic heterocycles. The summed E-state index contributed by atoms with van der Waals surface area (Å²) >= 11 is 4.95. The lowest BCUT2D eigenvalue weighted by atomic mass is 10.00. The van der Waals surface area contributed by atoms with Gasteiger partial charge in [-0.3, -0.25) is 4.79 Å². The Morgan fingerprint density at radius 3 is 2.50 bits per heavy atom. The maximum atomic E-state index is 12.2. The second-order valence-corrected chi connectivity index (χ2v) is 6.97. The first-order chi connectivity index (χ1) is 7.29. The maximum absolute atomic E-state index is 12.2. The third kappa shape index (κ3) is 2.66. The molecule has 0 radical (unpaired) electrons. The van der Waals surface area contributed by atoms with Crippen molar-refractivity contribution in [2.75, 3.05) is 7.05 Å². The Labute approximate surface area is 110 Å². The Balaban J connectivity index is 2.94. The molecule has 0 fully saturated rings. The zero-order chi connectivity index (χ0) is 12.5. The van der Waals surface area contributed by atoms with E-state index in [9.17, 15) is 4.79 Å². The molecule has 90 valence electrons. The normalized spacial score (nSPS) is 11.6. The molecule has 1 aromatic rings. The monoisotopic (exact) mass is 303 g/mol. The molecule has 2 nitrogen and oxygen atoms in total. The van der Waals surface area contributed by atoms with Crippen molar-refractivity contribution in [1.82, 2.24) is 4.90 Å². The van der Waals surface area contributed by atoms with Crippen LogP contribution in [0.4, 0.5) is 0 Å². The minimum absolute atomic E-state index is 0.0958. The average Bonchev–Trinajstić information content (AvgIpc) is 2.57. The number of rotatable bonds is 3. The van der Waals surface area contributed by atoms with Gasteiger partial charge >= 0.3 is 0 Å². The van der Waals surface area contributed by atoms with E-state index in [1.54, 1.807) is 0 Å². The van der Waals surface area contributed by atoms with Crippen molar-refractivity contribution in [3.8, 4) is 0 Å². The highest BCUT2D eigenvalue weighted by molar-refractivity contribution is 9.11. The van der Waals surface area contributed by atoms with E-state index in [0.29, 0.717) is 0 Å². The second-order valence-electron chi connectivity index (χ2n) is 4.60. The van der Waals surface area contributed by atoms with Crippen molar-refractivity contribution in [3.63, 3.8) is 0 Å². The number of hydrogen-bond acceptors (Lipinski definition) is 2. The van der Waals surface area contributed by atoms with Gasteiger partial charge in [-0.1, -0.05) is 6.92 Å². The van der Waals surface area contributed by atoms with Gasteiger partial charge in [0.2, 0.25) is 0 Å². The van der Waals surface area contributed by atoms with Gasteiger partial charge in [-0.25, -0.2) is 0 Å². The minimum atomic E-state index is -0.0958. The predicted molar refractivity (Wildman–Crippen MR) is 73.2 cm³/mol. The molecule has 1 aromatic heterocycles. The fraction of sp³-hybridized carbons (Fsp3) is 0.583. The second kappa shape index (κ2) is 4.88. The molecule has 0 saturated heterocycles. The quantitative estimate of drug-likeness (QED) is 0.824. The first kappa shape index (κ1) is 13.7. The molecule has 0 aromatic carbocycles. The van der Waals surface area contributed by atoms with Crippen LogP contribution in [0.25, 0.3) is 0 Å². The van der Waals surface area contributed by atoms with Crippen molar-refractivity contribution in [2.24, 2.45) is 0 Å². The first-order valence-electron chi connectivity index (χ1n) is 5.33. The van der Waals surface area contributed by atoms with Crippen molar-refractivity contribution in [3.05, 3.63) is 20.3 Å². The number of aryl methyl sites for hydroxylation is 1. The van der Waals surface area contributed by atoms with Crippen LogP contribution in [-0.2, 0) is 0 Å². The standard InChI is InChI=1S/C12H18BrNOS/c1-6-12(3,4)14(5)11(15)9-7-8(2)10(13)16-9/h7H,6H2,1-5H3. The Morgan fingerprint density at radius 2 is 2.12 bits per heavy atom. The molecule has 1 rings (SSSR count). The molecule has 4 heteroatoms. The molecule has 16 heavy (non-hydrogen) atoms.